The van der Waals surface area contributed by atoms with Crippen LogP contribution >= 0.6 is 0 Å². The zero-order chi connectivity index (χ0) is 18.6. The number of rotatable bonds is 9. The number of aliphatic carboxylic acids is 1. The fourth-order valence-electron chi connectivity index (χ4n) is 2.43. The Morgan fingerprint density at radius 3 is 2.44 bits per heavy atom. The van der Waals surface area contributed by atoms with Crippen molar-refractivity contribution in [1.82, 2.24) is 9.62 Å². The second-order valence-corrected chi connectivity index (χ2v) is 8.15. The Bertz CT molecular complexity index is 731. The molecule has 7 nitrogen and oxygen atoms in total. The number of hydrogen-bond donors (Lipinski definition) is 2. The first kappa shape index (κ1) is 19.3. The lowest BCUT2D eigenvalue weighted by molar-refractivity contribution is -0.142. The molecule has 0 aromatic heterocycles. The van der Waals surface area contributed by atoms with Crippen LogP contribution in [0, 0.1) is 11.7 Å². The molecular weight excluding hydrogens is 351 g/mol. The summed E-state index contributed by atoms with van der Waals surface area (Å²) in [5.41, 5.74) is 0. The molecular formula is C16H21FN2O5S. The molecule has 0 saturated heterocycles. The predicted octanol–water partition coefficient (Wildman–Crippen LogP) is 1.21. The summed E-state index contributed by atoms with van der Waals surface area (Å²) in [6.07, 6.45) is 1.85. The van der Waals surface area contributed by atoms with Gasteiger partial charge < -0.3 is 10.4 Å². The largest absolute Gasteiger partial charge is 0.480 e. The van der Waals surface area contributed by atoms with Crippen LogP contribution in [0.5, 0.6) is 0 Å². The molecule has 0 radical (unpaired) electrons. The summed E-state index contributed by atoms with van der Waals surface area (Å²) in [5, 5.41) is 11.6. The zero-order valence-electron chi connectivity index (χ0n) is 13.8. The van der Waals surface area contributed by atoms with E-state index in [0.29, 0.717) is 0 Å². The van der Waals surface area contributed by atoms with E-state index < -0.39 is 33.8 Å². The number of carboxylic acids is 1. The average Bonchev–Trinajstić information content (AvgIpc) is 3.37. The third-order valence-corrected chi connectivity index (χ3v) is 5.95. The van der Waals surface area contributed by atoms with E-state index in [-0.39, 0.29) is 30.2 Å². The molecule has 1 unspecified atom stereocenters. The van der Waals surface area contributed by atoms with Crippen molar-refractivity contribution in [1.29, 1.82) is 0 Å². The van der Waals surface area contributed by atoms with Crippen molar-refractivity contribution in [2.45, 2.75) is 36.6 Å². The van der Waals surface area contributed by atoms with Crippen molar-refractivity contribution < 1.29 is 27.5 Å². The number of amides is 1. The van der Waals surface area contributed by atoms with Gasteiger partial charge in [0.15, 0.2) is 0 Å². The molecule has 0 heterocycles. The number of halogens is 1. The van der Waals surface area contributed by atoms with Crippen molar-refractivity contribution in [3.05, 3.63) is 30.1 Å². The molecule has 2 rings (SSSR count). The Morgan fingerprint density at radius 2 is 1.92 bits per heavy atom. The standard InChI is InChI=1S/C16H21FN2O5S/c1-19(25(23,24)13-8-6-12(17)7-9-13)10-2-3-14(20)18-15(16(21)22)11-4-5-11/h6-9,11,15H,2-5,10H2,1H3,(H,18,20)(H,21,22). The van der Waals surface area contributed by atoms with Crippen LogP contribution in [0.15, 0.2) is 29.2 Å². The van der Waals surface area contributed by atoms with E-state index in [4.69, 9.17) is 5.11 Å². The van der Waals surface area contributed by atoms with Crippen LogP contribution in [0.1, 0.15) is 25.7 Å². The number of carboxylic acid groups (broad SMARTS) is 1. The molecule has 1 fully saturated rings. The van der Waals surface area contributed by atoms with E-state index >= 15 is 0 Å². The highest BCUT2D eigenvalue weighted by Crippen LogP contribution is 2.32. The molecule has 0 aliphatic heterocycles. The lowest BCUT2D eigenvalue weighted by Crippen LogP contribution is -2.42. The van der Waals surface area contributed by atoms with E-state index in [1.54, 1.807) is 0 Å². The van der Waals surface area contributed by atoms with Crippen LogP contribution < -0.4 is 5.32 Å². The maximum absolute atomic E-state index is 12.9. The van der Waals surface area contributed by atoms with Gasteiger partial charge in [-0.05, 0) is 49.4 Å². The molecule has 0 spiro atoms. The average molecular weight is 372 g/mol. The Kier molecular flexibility index (Phi) is 6.12. The lowest BCUT2D eigenvalue weighted by Gasteiger charge is -2.18. The van der Waals surface area contributed by atoms with Gasteiger partial charge in [0.1, 0.15) is 11.9 Å². The highest BCUT2D eigenvalue weighted by Gasteiger charge is 2.37. The fraction of sp³-hybridized carbons (Fsp3) is 0.500. The van der Waals surface area contributed by atoms with Crippen molar-refractivity contribution in [3.63, 3.8) is 0 Å². The molecule has 25 heavy (non-hydrogen) atoms. The van der Waals surface area contributed by atoms with Crippen molar-refractivity contribution in [2.75, 3.05) is 13.6 Å². The Balaban J connectivity index is 1.83. The predicted molar refractivity (Wildman–Crippen MR) is 87.7 cm³/mol. The molecule has 138 valence electrons. The monoisotopic (exact) mass is 372 g/mol. The van der Waals surface area contributed by atoms with Crippen LogP contribution in [0.3, 0.4) is 0 Å². The first-order valence-corrected chi connectivity index (χ1v) is 9.40. The van der Waals surface area contributed by atoms with Gasteiger partial charge in [-0.25, -0.2) is 21.9 Å². The minimum absolute atomic E-state index is 0.0111. The maximum atomic E-state index is 12.9. The third-order valence-electron chi connectivity index (χ3n) is 4.07. The van der Waals surface area contributed by atoms with Crippen LogP contribution in [-0.4, -0.2) is 49.3 Å². The van der Waals surface area contributed by atoms with Crippen molar-refractivity contribution in [3.8, 4) is 0 Å². The van der Waals surface area contributed by atoms with Gasteiger partial charge in [-0.1, -0.05) is 0 Å². The van der Waals surface area contributed by atoms with E-state index in [9.17, 15) is 22.4 Å². The normalized spacial score (nSPS) is 15.8. The summed E-state index contributed by atoms with van der Waals surface area (Å²) in [7, 11) is -2.38. The molecule has 1 aromatic carbocycles. The SMILES string of the molecule is CN(CCCC(=O)NC(C(=O)O)C1CC1)S(=O)(=O)c1ccc(F)cc1. The summed E-state index contributed by atoms with van der Waals surface area (Å²) in [6.45, 7) is 0.0916. The summed E-state index contributed by atoms with van der Waals surface area (Å²) in [5.74, 6) is -2.00. The summed E-state index contributed by atoms with van der Waals surface area (Å²) in [4.78, 5) is 22.9. The van der Waals surface area contributed by atoms with Crippen LogP contribution in [-0.2, 0) is 19.6 Å². The molecule has 0 bridgehead atoms. The second-order valence-electron chi connectivity index (χ2n) is 6.10. The van der Waals surface area contributed by atoms with Crippen LogP contribution in [0.4, 0.5) is 4.39 Å². The Labute approximate surface area is 145 Å². The van der Waals surface area contributed by atoms with Gasteiger partial charge in [0.2, 0.25) is 15.9 Å². The number of carbonyl (C=O) groups is 2. The van der Waals surface area contributed by atoms with Gasteiger partial charge in [-0.15, -0.1) is 0 Å². The smallest absolute Gasteiger partial charge is 0.326 e. The molecule has 1 aromatic rings. The number of nitrogens with one attached hydrogen (secondary N) is 1. The second kappa shape index (κ2) is 7.92. The quantitative estimate of drug-likeness (QED) is 0.678. The first-order valence-electron chi connectivity index (χ1n) is 7.96. The van der Waals surface area contributed by atoms with E-state index in [1.807, 2.05) is 0 Å². The topological polar surface area (TPSA) is 104 Å². The molecule has 1 atom stereocenters. The summed E-state index contributed by atoms with van der Waals surface area (Å²) < 4.78 is 38.6. The number of carbonyl (C=O) groups excluding carboxylic acids is 1. The third kappa shape index (κ3) is 5.23. The molecule has 1 saturated carbocycles. The summed E-state index contributed by atoms with van der Waals surface area (Å²) in [6, 6.07) is 3.63. The van der Waals surface area contributed by atoms with Gasteiger partial charge in [-0.2, -0.15) is 0 Å². The zero-order valence-corrected chi connectivity index (χ0v) is 14.6. The molecule has 1 aliphatic rings. The molecule has 2 N–H and O–H groups in total. The number of benzene rings is 1. The van der Waals surface area contributed by atoms with Crippen LogP contribution in [0.2, 0.25) is 0 Å². The van der Waals surface area contributed by atoms with Crippen molar-refractivity contribution >= 4 is 21.9 Å². The Hall–Kier alpha value is -2.00. The fourth-order valence-corrected chi connectivity index (χ4v) is 3.63. The molecule has 1 aliphatic carbocycles. The van der Waals surface area contributed by atoms with Crippen LogP contribution in [0.25, 0.3) is 0 Å². The number of sulfonamides is 1. The van der Waals surface area contributed by atoms with Gasteiger partial charge in [0.05, 0.1) is 4.90 Å². The minimum Gasteiger partial charge on any atom is -0.480 e. The maximum Gasteiger partial charge on any atom is 0.326 e. The Morgan fingerprint density at radius 1 is 1.32 bits per heavy atom. The number of hydrogen-bond acceptors (Lipinski definition) is 4. The van der Waals surface area contributed by atoms with Crippen molar-refractivity contribution in [2.24, 2.45) is 5.92 Å². The molecule has 1 amide bonds. The minimum atomic E-state index is -3.75. The van der Waals surface area contributed by atoms with E-state index in [0.717, 1.165) is 29.3 Å². The lowest BCUT2D eigenvalue weighted by atomic mass is 10.1. The first-order chi connectivity index (χ1) is 11.7. The van der Waals surface area contributed by atoms with Gasteiger partial charge in [0, 0.05) is 20.0 Å². The van der Waals surface area contributed by atoms with Gasteiger partial charge in [0.25, 0.3) is 0 Å². The molecule has 9 heteroatoms. The number of nitrogens with zero attached hydrogens (tertiary/aromatic N) is 1. The highest BCUT2D eigenvalue weighted by molar-refractivity contribution is 7.89. The van der Waals surface area contributed by atoms with E-state index in [1.165, 1.54) is 19.2 Å². The van der Waals surface area contributed by atoms with Gasteiger partial charge >= 0.3 is 5.97 Å². The highest BCUT2D eigenvalue weighted by atomic mass is 32.2. The summed E-state index contributed by atoms with van der Waals surface area (Å²) >= 11 is 0. The van der Waals surface area contributed by atoms with Gasteiger partial charge in [-0.3, -0.25) is 4.79 Å². The van der Waals surface area contributed by atoms with E-state index in [2.05, 4.69) is 5.32 Å².